The Hall–Kier alpha value is -3.35. The van der Waals surface area contributed by atoms with E-state index in [4.69, 9.17) is 0 Å². The molecule has 0 aliphatic carbocycles. The largest absolute Gasteiger partial charge is 0.376 e. The van der Waals surface area contributed by atoms with Crippen molar-refractivity contribution < 1.29 is 14.4 Å². The number of amides is 3. The van der Waals surface area contributed by atoms with E-state index in [-0.39, 0.29) is 35.8 Å². The standard InChI is InChI=1S/C24H32N4O3/c1-6-16(2)26-22(30)17-10-12-19(13-11-17)27-21(29)15-25-20-9-7-8-18(14-20)23(31)28-24(3,4)5/h7-14,16,25H,6,15H2,1-5H3,(H,26,30)(H,27,29)(H,28,31). The van der Waals surface area contributed by atoms with Crippen molar-refractivity contribution in [1.29, 1.82) is 0 Å². The fourth-order valence-corrected chi connectivity index (χ4v) is 2.68. The Bertz CT molecular complexity index is 917. The molecule has 0 aliphatic rings. The minimum atomic E-state index is -0.328. The molecule has 0 saturated carbocycles. The summed E-state index contributed by atoms with van der Waals surface area (Å²) in [5, 5.41) is 11.6. The molecule has 31 heavy (non-hydrogen) atoms. The summed E-state index contributed by atoms with van der Waals surface area (Å²) in [5.74, 6) is -0.538. The first-order chi connectivity index (χ1) is 14.6. The Morgan fingerprint density at radius 2 is 1.58 bits per heavy atom. The molecule has 3 amide bonds. The summed E-state index contributed by atoms with van der Waals surface area (Å²) in [6.07, 6.45) is 0.858. The van der Waals surface area contributed by atoms with Gasteiger partial charge in [-0.15, -0.1) is 0 Å². The lowest BCUT2D eigenvalue weighted by atomic mass is 10.1. The molecule has 1 unspecified atom stereocenters. The zero-order valence-corrected chi connectivity index (χ0v) is 18.8. The second-order valence-corrected chi connectivity index (χ2v) is 8.55. The van der Waals surface area contributed by atoms with E-state index in [1.54, 1.807) is 48.5 Å². The zero-order chi connectivity index (χ0) is 23.0. The Morgan fingerprint density at radius 1 is 0.903 bits per heavy atom. The molecule has 0 heterocycles. The number of rotatable bonds is 8. The molecular formula is C24H32N4O3. The van der Waals surface area contributed by atoms with Gasteiger partial charge in [0, 0.05) is 34.1 Å². The quantitative estimate of drug-likeness (QED) is 0.518. The topological polar surface area (TPSA) is 99.3 Å². The Kier molecular flexibility index (Phi) is 8.19. The van der Waals surface area contributed by atoms with Crippen molar-refractivity contribution in [2.24, 2.45) is 0 Å². The molecule has 1 atom stereocenters. The fraction of sp³-hybridized carbons (Fsp3) is 0.375. The van der Waals surface area contributed by atoms with Crippen molar-refractivity contribution in [3.63, 3.8) is 0 Å². The average molecular weight is 425 g/mol. The Morgan fingerprint density at radius 3 is 2.19 bits per heavy atom. The van der Waals surface area contributed by atoms with Crippen molar-refractivity contribution in [1.82, 2.24) is 10.6 Å². The molecule has 2 rings (SSSR count). The fourth-order valence-electron chi connectivity index (χ4n) is 2.68. The van der Waals surface area contributed by atoms with E-state index in [0.717, 1.165) is 6.42 Å². The first-order valence-electron chi connectivity index (χ1n) is 10.4. The van der Waals surface area contributed by atoms with Crippen LogP contribution in [0.2, 0.25) is 0 Å². The Balaban J connectivity index is 1.89. The van der Waals surface area contributed by atoms with Gasteiger partial charge in [-0.25, -0.2) is 0 Å². The SMILES string of the molecule is CCC(C)NC(=O)c1ccc(NC(=O)CNc2cccc(C(=O)NC(C)(C)C)c2)cc1. The van der Waals surface area contributed by atoms with Gasteiger partial charge in [-0.3, -0.25) is 14.4 Å². The summed E-state index contributed by atoms with van der Waals surface area (Å²) in [4.78, 5) is 36.7. The average Bonchev–Trinajstić information content (AvgIpc) is 2.71. The predicted octanol–water partition coefficient (Wildman–Crippen LogP) is 3.79. The third-order valence-electron chi connectivity index (χ3n) is 4.49. The molecule has 0 spiro atoms. The lowest BCUT2D eigenvalue weighted by Gasteiger charge is -2.20. The molecular weight excluding hydrogens is 392 g/mol. The van der Waals surface area contributed by atoms with Crippen molar-refractivity contribution >= 4 is 29.1 Å². The maximum Gasteiger partial charge on any atom is 0.251 e. The first-order valence-corrected chi connectivity index (χ1v) is 10.4. The number of nitrogens with one attached hydrogen (secondary N) is 4. The van der Waals surface area contributed by atoms with Crippen LogP contribution in [-0.4, -0.2) is 35.8 Å². The van der Waals surface area contributed by atoms with Crippen LogP contribution in [0.25, 0.3) is 0 Å². The van der Waals surface area contributed by atoms with Crippen LogP contribution in [0.4, 0.5) is 11.4 Å². The van der Waals surface area contributed by atoms with Crippen LogP contribution in [0.5, 0.6) is 0 Å². The summed E-state index contributed by atoms with van der Waals surface area (Å²) in [6.45, 7) is 9.76. The van der Waals surface area contributed by atoms with Crippen LogP contribution in [0, 0.1) is 0 Å². The molecule has 0 aromatic heterocycles. The van der Waals surface area contributed by atoms with E-state index in [1.165, 1.54) is 0 Å². The summed E-state index contributed by atoms with van der Waals surface area (Å²) < 4.78 is 0. The molecule has 4 N–H and O–H groups in total. The molecule has 166 valence electrons. The van der Waals surface area contributed by atoms with Crippen LogP contribution in [0.3, 0.4) is 0 Å². The number of carbonyl (C=O) groups excluding carboxylic acids is 3. The summed E-state index contributed by atoms with van der Waals surface area (Å²) in [5.41, 5.74) is 2.01. The van der Waals surface area contributed by atoms with Crippen molar-refractivity contribution in [2.45, 2.75) is 52.6 Å². The highest BCUT2D eigenvalue weighted by Gasteiger charge is 2.15. The van der Waals surface area contributed by atoms with Crippen LogP contribution < -0.4 is 21.3 Å². The van der Waals surface area contributed by atoms with E-state index < -0.39 is 0 Å². The van der Waals surface area contributed by atoms with Gasteiger partial charge in [0.25, 0.3) is 11.8 Å². The smallest absolute Gasteiger partial charge is 0.251 e. The monoisotopic (exact) mass is 424 g/mol. The highest BCUT2D eigenvalue weighted by Crippen LogP contribution is 2.13. The van der Waals surface area contributed by atoms with Crippen molar-refractivity contribution in [3.8, 4) is 0 Å². The number of benzene rings is 2. The van der Waals surface area contributed by atoms with Crippen LogP contribution in [-0.2, 0) is 4.79 Å². The number of anilines is 2. The van der Waals surface area contributed by atoms with Gasteiger partial charge in [-0.05, 0) is 76.6 Å². The van der Waals surface area contributed by atoms with Gasteiger partial charge in [-0.2, -0.15) is 0 Å². The van der Waals surface area contributed by atoms with E-state index in [1.807, 2.05) is 34.6 Å². The molecule has 7 nitrogen and oxygen atoms in total. The summed E-state index contributed by atoms with van der Waals surface area (Å²) in [7, 11) is 0. The van der Waals surface area contributed by atoms with Gasteiger partial charge in [0.15, 0.2) is 0 Å². The van der Waals surface area contributed by atoms with Gasteiger partial charge in [0.2, 0.25) is 5.91 Å². The highest BCUT2D eigenvalue weighted by atomic mass is 16.2. The third kappa shape index (κ3) is 8.12. The maximum atomic E-state index is 12.3. The van der Waals surface area contributed by atoms with Crippen LogP contribution in [0.1, 0.15) is 61.8 Å². The van der Waals surface area contributed by atoms with Gasteiger partial charge in [0.1, 0.15) is 0 Å². The lowest BCUT2D eigenvalue weighted by molar-refractivity contribution is -0.114. The van der Waals surface area contributed by atoms with E-state index >= 15 is 0 Å². The zero-order valence-electron chi connectivity index (χ0n) is 18.8. The molecule has 0 saturated heterocycles. The Labute approximate surface area is 184 Å². The van der Waals surface area contributed by atoms with Crippen LogP contribution >= 0.6 is 0 Å². The minimum absolute atomic E-state index is 0.0423. The third-order valence-corrected chi connectivity index (χ3v) is 4.49. The number of carbonyl (C=O) groups is 3. The van der Waals surface area contributed by atoms with E-state index in [2.05, 4.69) is 21.3 Å². The van der Waals surface area contributed by atoms with E-state index in [9.17, 15) is 14.4 Å². The second-order valence-electron chi connectivity index (χ2n) is 8.55. The number of hydrogen-bond donors (Lipinski definition) is 4. The summed E-state index contributed by atoms with van der Waals surface area (Å²) in [6, 6.07) is 13.9. The number of hydrogen-bond acceptors (Lipinski definition) is 4. The normalized spacial score (nSPS) is 11.9. The van der Waals surface area contributed by atoms with Crippen molar-refractivity contribution in [3.05, 3.63) is 59.7 Å². The van der Waals surface area contributed by atoms with Gasteiger partial charge in [-0.1, -0.05) is 13.0 Å². The molecule has 0 fully saturated rings. The van der Waals surface area contributed by atoms with Crippen molar-refractivity contribution in [2.75, 3.05) is 17.2 Å². The first kappa shape index (κ1) is 23.9. The summed E-state index contributed by atoms with van der Waals surface area (Å²) >= 11 is 0. The van der Waals surface area contributed by atoms with E-state index in [0.29, 0.717) is 22.5 Å². The van der Waals surface area contributed by atoms with Gasteiger partial charge >= 0.3 is 0 Å². The van der Waals surface area contributed by atoms with Crippen LogP contribution in [0.15, 0.2) is 48.5 Å². The molecule has 7 heteroatoms. The molecule has 2 aromatic rings. The second kappa shape index (κ2) is 10.6. The lowest BCUT2D eigenvalue weighted by Crippen LogP contribution is -2.40. The van der Waals surface area contributed by atoms with Gasteiger partial charge in [0.05, 0.1) is 6.54 Å². The highest BCUT2D eigenvalue weighted by molar-refractivity contribution is 5.97. The molecule has 0 aliphatic heterocycles. The molecule has 2 aromatic carbocycles. The molecule has 0 radical (unpaired) electrons. The molecule has 0 bridgehead atoms. The van der Waals surface area contributed by atoms with Gasteiger partial charge < -0.3 is 21.3 Å². The minimum Gasteiger partial charge on any atom is -0.376 e. The predicted molar refractivity (Wildman–Crippen MR) is 124 cm³/mol. The maximum absolute atomic E-state index is 12.3.